The number of hydrogen-bond donors (Lipinski definition) is 2. The topological polar surface area (TPSA) is 72.4 Å². The fourth-order valence-corrected chi connectivity index (χ4v) is 2.89. The molecule has 134 valence electrons. The maximum Gasteiger partial charge on any atom is 0.244 e. The molecule has 2 aromatic carbocycles. The van der Waals surface area contributed by atoms with Crippen molar-refractivity contribution in [3.8, 4) is 5.75 Å². The summed E-state index contributed by atoms with van der Waals surface area (Å²) in [5.41, 5.74) is 1.94. The van der Waals surface area contributed by atoms with Crippen molar-refractivity contribution in [3.63, 3.8) is 0 Å². The third-order valence-electron chi connectivity index (χ3n) is 3.84. The number of fused-ring (bicyclic) bond motifs is 1. The number of rotatable bonds is 5. The van der Waals surface area contributed by atoms with Gasteiger partial charge < -0.3 is 19.9 Å². The van der Waals surface area contributed by atoms with Crippen molar-refractivity contribution in [2.75, 3.05) is 17.7 Å². The minimum absolute atomic E-state index is 0.122. The number of hydrogen-bond acceptors (Lipinski definition) is 3. The molecule has 1 aromatic heterocycles. The lowest BCUT2D eigenvalue weighted by molar-refractivity contribution is -0.116. The van der Waals surface area contributed by atoms with E-state index >= 15 is 0 Å². The number of aromatic nitrogens is 1. The molecule has 1 heterocycles. The highest BCUT2D eigenvalue weighted by Gasteiger charge is 2.11. The van der Waals surface area contributed by atoms with Crippen LogP contribution in [-0.4, -0.2) is 23.5 Å². The number of nitrogens with zero attached hydrogens (tertiary/aromatic N) is 1. The molecule has 0 unspecified atom stereocenters. The summed E-state index contributed by atoms with van der Waals surface area (Å²) in [6.07, 6.45) is 1.84. The average Bonchev–Trinajstić information content (AvgIpc) is 2.96. The summed E-state index contributed by atoms with van der Waals surface area (Å²) >= 11 is 6.05. The highest BCUT2D eigenvalue weighted by Crippen LogP contribution is 2.28. The number of anilines is 2. The second-order valence-corrected chi connectivity index (χ2v) is 6.23. The molecule has 0 saturated heterocycles. The van der Waals surface area contributed by atoms with Crippen molar-refractivity contribution in [2.45, 2.75) is 13.5 Å². The van der Waals surface area contributed by atoms with E-state index in [9.17, 15) is 9.59 Å². The highest BCUT2D eigenvalue weighted by molar-refractivity contribution is 6.31. The minimum Gasteiger partial charge on any atom is -0.495 e. The predicted octanol–water partition coefficient (Wildman–Crippen LogP) is 3.90. The van der Waals surface area contributed by atoms with Crippen molar-refractivity contribution in [1.82, 2.24) is 4.57 Å². The van der Waals surface area contributed by atoms with Crippen LogP contribution >= 0.6 is 11.6 Å². The van der Waals surface area contributed by atoms with Gasteiger partial charge in [0.15, 0.2) is 0 Å². The average molecular weight is 372 g/mol. The van der Waals surface area contributed by atoms with Crippen LogP contribution in [0.5, 0.6) is 5.75 Å². The number of ether oxygens (including phenoxy) is 1. The molecule has 0 aliphatic heterocycles. The molecule has 0 aliphatic carbocycles. The van der Waals surface area contributed by atoms with Crippen LogP contribution in [0.2, 0.25) is 5.02 Å². The summed E-state index contributed by atoms with van der Waals surface area (Å²) < 4.78 is 7.10. The summed E-state index contributed by atoms with van der Waals surface area (Å²) in [7, 11) is 1.52. The fraction of sp³-hybridized carbons (Fsp3) is 0.158. The number of benzene rings is 2. The fourth-order valence-electron chi connectivity index (χ4n) is 2.73. The SMILES string of the molecule is COc1ccc(NC(C)=O)cc1NC(=O)Cn1ccc2ccc(Cl)cc21. The van der Waals surface area contributed by atoms with Crippen molar-refractivity contribution in [1.29, 1.82) is 0 Å². The maximum absolute atomic E-state index is 12.5. The summed E-state index contributed by atoms with van der Waals surface area (Å²) in [5.74, 6) is 0.0942. The van der Waals surface area contributed by atoms with Gasteiger partial charge in [-0.25, -0.2) is 0 Å². The molecular weight excluding hydrogens is 354 g/mol. The quantitative estimate of drug-likeness (QED) is 0.714. The third kappa shape index (κ3) is 3.97. The number of methoxy groups -OCH3 is 1. The first kappa shape index (κ1) is 17.8. The Balaban J connectivity index is 1.80. The van der Waals surface area contributed by atoms with Gasteiger partial charge in [0.1, 0.15) is 12.3 Å². The van der Waals surface area contributed by atoms with E-state index in [1.54, 1.807) is 18.2 Å². The zero-order chi connectivity index (χ0) is 18.7. The monoisotopic (exact) mass is 371 g/mol. The molecule has 7 heteroatoms. The predicted molar refractivity (Wildman–Crippen MR) is 103 cm³/mol. The number of amides is 2. The molecule has 3 rings (SSSR count). The number of carbonyl (C=O) groups is 2. The molecule has 26 heavy (non-hydrogen) atoms. The van der Waals surface area contributed by atoms with Crippen LogP contribution in [0.4, 0.5) is 11.4 Å². The molecule has 0 atom stereocenters. The van der Waals surface area contributed by atoms with E-state index in [0.717, 1.165) is 10.9 Å². The van der Waals surface area contributed by atoms with E-state index < -0.39 is 0 Å². The van der Waals surface area contributed by atoms with Crippen molar-refractivity contribution < 1.29 is 14.3 Å². The van der Waals surface area contributed by atoms with Crippen LogP contribution in [0.15, 0.2) is 48.7 Å². The lowest BCUT2D eigenvalue weighted by atomic mass is 10.2. The van der Waals surface area contributed by atoms with Crippen molar-refractivity contribution >= 4 is 45.7 Å². The molecule has 0 saturated carbocycles. The molecule has 3 aromatic rings. The van der Waals surface area contributed by atoms with Gasteiger partial charge in [0.2, 0.25) is 11.8 Å². The first-order valence-corrected chi connectivity index (χ1v) is 8.34. The van der Waals surface area contributed by atoms with E-state index in [-0.39, 0.29) is 18.4 Å². The van der Waals surface area contributed by atoms with Gasteiger partial charge in [-0.15, -0.1) is 0 Å². The van der Waals surface area contributed by atoms with E-state index in [1.807, 2.05) is 35.0 Å². The van der Waals surface area contributed by atoms with Crippen molar-refractivity contribution in [3.05, 3.63) is 53.7 Å². The lowest BCUT2D eigenvalue weighted by Crippen LogP contribution is -2.19. The molecular formula is C19H18ClN3O3. The van der Waals surface area contributed by atoms with Gasteiger partial charge in [-0.05, 0) is 41.8 Å². The Labute approximate surface area is 155 Å². The Morgan fingerprint density at radius 1 is 1.12 bits per heavy atom. The second kappa shape index (κ2) is 7.49. The summed E-state index contributed by atoms with van der Waals surface area (Å²) in [4.78, 5) is 23.7. The van der Waals surface area contributed by atoms with Crippen LogP contribution in [0.1, 0.15) is 6.92 Å². The molecule has 0 aliphatic rings. The Morgan fingerprint density at radius 2 is 1.92 bits per heavy atom. The number of nitrogens with one attached hydrogen (secondary N) is 2. The van der Waals surface area contributed by atoms with Gasteiger partial charge in [0.05, 0.1) is 12.8 Å². The van der Waals surface area contributed by atoms with Crippen LogP contribution in [-0.2, 0) is 16.1 Å². The number of carbonyl (C=O) groups excluding carboxylic acids is 2. The maximum atomic E-state index is 12.5. The highest BCUT2D eigenvalue weighted by atomic mass is 35.5. The van der Waals surface area contributed by atoms with Crippen LogP contribution in [0, 0.1) is 0 Å². The van der Waals surface area contributed by atoms with Gasteiger partial charge in [0.25, 0.3) is 0 Å². The Bertz CT molecular complexity index is 981. The van der Waals surface area contributed by atoms with Gasteiger partial charge >= 0.3 is 0 Å². The normalized spacial score (nSPS) is 10.6. The first-order valence-electron chi connectivity index (χ1n) is 7.96. The smallest absolute Gasteiger partial charge is 0.244 e. The molecule has 0 radical (unpaired) electrons. The van der Waals surface area contributed by atoms with E-state index in [2.05, 4.69) is 10.6 Å². The van der Waals surface area contributed by atoms with Gasteiger partial charge in [0, 0.05) is 29.3 Å². The van der Waals surface area contributed by atoms with Crippen molar-refractivity contribution in [2.24, 2.45) is 0 Å². The van der Waals surface area contributed by atoms with E-state index in [1.165, 1.54) is 14.0 Å². The molecule has 0 fully saturated rings. The Morgan fingerprint density at radius 3 is 2.65 bits per heavy atom. The Hall–Kier alpha value is -2.99. The van der Waals surface area contributed by atoms with E-state index in [0.29, 0.717) is 22.1 Å². The zero-order valence-corrected chi connectivity index (χ0v) is 15.1. The molecule has 0 spiro atoms. The van der Waals surface area contributed by atoms with E-state index in [4.69, 9.17) is 16.3 Å². The third-order valence-corrected chi connectivity index (χ3v) is 4.08. The first-order chi connectivity index (χ1) is 12.5. The molecule has 6 nitrogen and oxygen atoms in total. The number of halogens is 1. The minimum atomic E-state index is -0.222. The van der Waals surface area contributed by atoms with Crippen LogP contribution in [0.3, 0.4) is 0 Å². The molecule has 2 N–H and O–H groups in total. The lowest BCUT2D eigenvalue weighted by Gasteiger charge is -2.13. The summed E-state index contributed by atoms with van der Waals surface area (Å²) in [6.45, 7) is 1.54. The van der Waals surface area contributed by atoms with Crippen LogP contribution in [0.25, 0.3) is 10.9 Å². The summed E-state index contributed by atoms with van der Waals surface area (Å²) in [6, 6.07) is 12.5. The van der Waals surface area contributed by atoms with Gasteiger partial charge in [-0.2, -0.15) is 0 Å². The standard InChI is InChI=1S/C19H18ClN3O3/c1-12(24)21-15-5-6-18(26-2)16(10-15)22-19(25)11-23-8-7-13-3-4-14(20)9-17(13)23/h3-10H,11H2,1-2H3,(H,21,24)(H,22,25). The van der Waals surface area contributed by atoms with Gasteiger partial charge in [-0.1, -0.05) is 17.7 Å². The van der Waals surface area contributed by atoms with Gasteiger partial charge in [-0.3, -0.25) is 9.59 Å². The molecule has 2 amide bonds. The van der Waals surface area contributed by atoms with Crippen LogP contribution < -0.4 is 15.4 Å². The zero-order valence-electron chi connectivity index (χ0n) is 14.4. The largest absolute Gasteiger partial charge is 0.495 e. The molecule has 0 bridgehead atoms. The summed E-state index contributed by atoms with van der Waals surface area (Å²) in [5, 5.41) is 7.12. The Kier molecular flexibility index (Phi) is 5.14. The second-order valence-electron chi connectivity index (χ2n) is 5.79.